The lowest BCUT2D eigenvalue weighted by Gasteiger charge is -2.20. The predicted octanol–water partition coefficient (Wildman–Crippen LogP) is 1.69. The minimum absolute atomic E-state index is 0.429. The zero-order chi connectivity index (χ0) is 13.7. The first-order valence-corrected chi connectivity index (χ1v) is 5.56. The summed E-state index contributed by atoms with van der Waals surface area (Å²) in [6.45, 7) is 2.93. The highest BCUT2D eigenvalue weighted by atomic mass is 16.6. The van der Waals surface area contributed by atoms with Crippen molar-refractivity contribution >= 4 is 5.97 Å². The summed E-state index contributed by atoms with van der Waals surface area (Å²) < 4.78 is 15.2. The number of benzene rings is 1. The van der Waals surface area contributed by atoms with Crippen molar-refractivity contribution in [3.63, 3.8) is 0 Å². The molecular formula is C13H18O5. The van der Waals surface area contributed by atoms with Crippen LogP contribution in [0.5, 0.6) is 11.5 Å². The van der Waals surface area contributed by atoms with Crippen LogP contribution >= 0.6 is 0 Å². The van der Waals surface area contributed by atoms with E-state index in [1.807, 2.05) is 0 Å². The summed E-state index contributed by atoms with van der Waals surface area (Å²) in [4.78, 5) is 10.8. The molecule has 0 aliphatic rings. The zero-order valence-corrected chi connectivity index (χ0v) is 11.0. The van der Waals surface area contributed by atoms with Gasteiger partial charge in [0, 0.05) is 6.92 Å². The maximum Gasteiger partial charge on any atom is 0.302 e. The Kier molecular flexibility index (Phi) is 4.97. The Morgan fingerprint density at radius 3 is 2.33 bits per heavy atom. The van der Waals surface area contributed by atoms with Crippen LogP contribution in [0, 0.1) is 0 Å². The van der Waals surface area contributed by atoms with Crippen molar-refractivity contribution in [1.29, 1.82) is 0 Å². The lowest BCUT2D eigenvalue weighted by molar-refractivity contribution is -0.151. The fourth-order valence-electron chi connectivity index (χ4n) is 1.63. The monoisotopic (exact) mass is 254 g/mol. The van der Waals surface area contributed by atoms with Crippen molar-refractivity contribution < 1.29 is 24.1 Å². The highest BCUT2D eigenvalue weighted by Crippen LogP contribution is 2.31. The van der Waals surface area contributed by atoms with Gasteiger partial charge in [-0.1, -0.05) is 6.07 Å². The molecule has 5 nitrogen and oxygen atoms in total. The van der Waals surface area contributed by atoms with Crippen molar-refractivity contribution in [2.75, 3.05) is 14.2 Å². The summed E-state index contributed by atoms with van der Waals surface area (Å²) in [5.41, 5.74) is 0.599. The topological polar surface area (TPSA) is 65.0 Å². The maximum atomic E-state index is 10.8. The molecule has 1 rings (SSSR count). The Bertz CT molecular complexity index is 416. The number of esters is 1. The standard InChI is InChI=1S/C13H18O5/c1-8(18-9(2)14)13(15)10-5-6-11(16-3)12(7-10)17-4/h5-8,13,15H,1-4H3. The summed E-state index contributed by atoms with van der Waals surface area (Å²) >= 11 is 0. The van der Waals surface area contributed by atoms with Gasteiger partial charge in [0.1, 0.15) is 12.2 Å². The number of rotatable bonds is 5. The van der Waals surface area contributed by atoms with E-state index in [9.17, 15) is 9.90 Å². The number of carbonyl (C=O) groups is 1. The predicted molar refractivity (Wildman–Crippen MR) is 65.7 cm³/mol. The molecule has 0 aliphatic heterocycles. The van der Waals surface area contributed by atoms with Crippen LogP contribution in [0.15, 0.2) is 18.2 Å². The molecule has 0 radical (unpaired) electrons. The van der Waals surface area contributed by atoms with Crippen LogP contribution in [0.4, 0.5) is 0 Å². The largest absolute Gasteiger partial charge is 0.493 e. The third kappa shape index (κ3) is 3.37. The average Bonchev–Trinajstić information content (AvgIpc) is 2.36. The van der Waals surface area contributed by atoms with Crippen molar-refractivity contribution in [2.24, 2.45) is 0 Å². The van der Waals surface area contributed by atoms with Crippen LogP contribution in [-0.2, 0) is 9.53 Å². The van der Waals surface area contributed by atoms with E-state index >= 15 is 0 Å². The van der Waals surface area contributed by atoms with Crippen LogP contribution in [0.25, 0.3) is 0 Å². The van der Waals surface area contributed by atoms with Crippen molar-refractivity contribution in [3.05, 3.63) is 23.8 Å². The molecule has 2 unspecified atom stereocenters. The molecule has 1 N–H and O–H groups in total. The molecule has 1 aromatic carbocycles. The number of carbonyl (C=O) groups excluding carboxylic acids is 1. The van der Waals surface area contributed by atoms with E-state index in [0.717, 1.165) is 0 Å². The Hall–Kier alpha value is -1.75. The molecule has 18 heavy (non-hydrogen) atoms. The van der Waals surface area contributed by atoms with E-state index in [1.54, 1.807) is 25.1 Å². The summed E-state index contributed by atoms with van der Waals surface area (Å²) in [5.74, 6) is 0.666. The third-order valence-electron chi connectivity index (χ3n) is 2.55. The molecule has 100 valence electrons. The normalized spacial score (nSPS) is 13.6. The molecule has 0 bridgehead atoms. The van der Waals surface area contributed by atoms with E-state index in [2.05, 4.69) is 0 Å². The molecule has 0 fully saturated rings. The minimum Gasteiger partial charge on any atom is -0.493 e. The SMILES string of the molecule is COc1ccc(C(O)C(C)OC(C)=O)cc1OC. The van der Waals surface area contributed by atoms with E-state index in [-0.39, 0.29) is 0 Å². The molecule has 1 aromatic rings. The van der Waals surface area contributed by atoms with Crippen LogP contribution in [0.3, 0.4) is 0 Å². The Labute approximate surface area is 106 Å². The van der Waals surface area contributed by atoms with Gasteiger partial charge in [-0.15, -0.1) is 0 Å². The number of hydrogen-bond acceptors (Lipinski definition) is 5. The first kappa shape index (κ1) is 14.3. The van der Waals surface area contributed by atoms with Gasteiger partial charge in [0.2, 0.25) is 0 Å². The first-order valence-electron chi connectivity index (χ1n) is 5.56. The summed E-state index contributed by atoms with van der Waals surface area (Å²) in [5, 5.41) is 10.0. The second-order valence-electron chi connectivity index (χ2n) is 3.87. The summed E-state index contributed by atoms with van der Waals surface area (Å²) in [7, 11) is 3.05. The lowest BCUT2D eigenvalue weighted by atomic mass is 10.0. The zero-order valence-electron chi connectivity index (χ0n) is 11.0. The Morgan fingerprint density at radius 2 is 1.83 bits per heavy atom. The van der Waals surface area contributed by atoms with E-state index in [1.165, 1.54) is 21.1 Å². The molecule has 0 aliphatic carbocycles. The van der Waals surface area contributed by atoms with E-state index in [0.29, 0.717) is 17.1 Å². The quantitative estimate of drug-likeness (QED) is 0.810. The van der Waals surface area contributed by atoms with E-state index < -0.39 is 18.2 Å². The average molecular weight is 254 g/mol. The number of aliphatic hydroxyl groups is 1. The molecule has 0 saturated carbocycles. The minimum atomic E-state index is -0.909. The van der Waals surface area contributed by atoms with Crippen LogP contribution in [-0.4, -0.2) is 31.4 Å². The summed E-state index contributed by atoms with van der Waals surface area (Å²) in [6, 6.07) is 5.05. The molecule has 0 spiro atoms. The van der Waals surface area contributed by atoms with Gasteiger partial charge in [-0.05, 0) is 24.6 Å². The van der Waals surface area contributed by atoms with Crippen molar-refractivity contribution in [2.45, 2.75) is 26.1 Å². The van der Waals surface area contributed by atoms with Crippen LogP contribution in [0.1, 0.15) is 25.5 Å². The van der Waals surface area contributed by atoms with Gasteiger partial charge >= 0.3 is 5.97 Å². The molecule has 0 heterocycles. The molecular weight excluding hydrogens is 236 g/mol. The fourth-order valence-corrected chi connectivity index (χ4v) is 1.63. The van der Waals surface area contributed by atoms with Gasteiger partial charge in [0.05, 0.1) is 14.2 Å². The van der Waals surface area contributed by atoms with Crippen LogP contribution < -0.4 is 9.47 Å². The lowest BCUT2D eigenvalue weighted by Crippen LogP contribution is -2.21. The molecule has 0 saturated heterocycles. The van der Waals surface area contributed by atoms with Gasteiger partial charge in [0.15, 0.2) is 11.5 Å². The number of aliphatic hydroxyl groups excluding tert-OH is 1. The fraction of sp³-hybridized carbons (Fsp3) is 0.462. The first-order chi connectivity index (χ1) is 8.49. The smallest absolute Gasteiger partial charge is 0.302 e. The molecule has 0 amide bonds. The van der Waals surface area contributed by atoms with Gasteiger partial charge in [-0.2, -0.15) is 0 Å². The molecule has 0 aromatic heterocycles. The van der Waals surface area contributed by atoms with E-state index in [4.69, 9.17) is 14.2 Å². The van der Waals surface area contributed by atoms with Crippen molar-refractivity contribution in [3.8, 4) is 11.5 Å². The number of methoxy groups -OCH3 is 2. The highest BCUT2D eigenvalue weighted by molar-refractivity contribution is 5.66. The van der Waals surface area contributed by atoms with Crippen molar-refractivity contribution in [1.82, 2.24) is 0 Å². The second-order valence-corrected chi connectivity index (χ2v) is 3.87. The Morgan fingerprint density at radius 1 is 1.22 bits per heavy atom. The second kappa shape index (κ2) is 6.26. The van der Waals surface area contributed by atoms with Crippen LogP contribution in [0.2, 0.25) is 0 Å². The number of ether oxygens (including phenoxy) is 3. The molecule has 2 atom stereocenters. The van der Waals surface area contributed by atoms with Gasteiger partial charge in [0.25, 0.3) is 0 Å². The highest BCUT2D eigenvalue weighted by Gasteiger charge is 2.20. The van der Waals surface area contributed by atoms with Gasteiger partial charge in [-0.25, -0.2) is 0 Å². The van der Waals surface area contributed by atoms with Gasteiger partial charge < -0.3 is 19.3 Å². The molecule has 5 heteroatoms. The Balaban J connectivity index is 2.92. The number of hydrogen-bond donors (Lipinski definition) is 1. The maximum absolute atomic E-state index is 10.8. The van der Waals surface area contributed by atoms with Gasteiger partial charge in [-0.3, -0.25) is 4.79 Å². The third-order valence-corrected chi connectivity index (χ3v) is 2.55. The summed E-state index contributed by atoms with van der Waals surface area (Å²) in [6.07, 6.45) is -1.53.